The van der Waals surface area contributed by atoms with Crippen LogP contribution in [0.3, 0.4) is 0 Å². The maximum Gasteiger partial charge on any atom is 0.240 e. The third-order valence-electron chi connectivity index (χ3n) is 5.38. The second-order valence-electron chi connectivity index (χ2n) is 7.25. The van der Waals surface area contributed by atoms with Crippen LogP contribution in [0.2, 0.25) is 0 Å². The summed E-state index contributed by atoms with van der Waals surface area (Å²) in [4.78, 5) is 28.3. The van der Waals surface area contributed by atoms with E-state index in [4.69, 9.17) is 0 Å². The SMILES string of the molecule is C[C@@H](C(=O)N(C)C1(C#N)CCCCC1)N(C)CC(=O)Nc1cccc(F)c1. The van der Waals surface area contributed by atoms with Gasteiger partial charge in [0, 0.05) is 12.7 Å². The number of anilines is 1. The molecule has 0 unspecified atom stereocenters. The second kappa shape index (κ2) is 8.96. The number of likely N-dealkylation sites (N-methyl/N-ethyl adjacent to an activating group) is 2. The molecule has 1 fully saturated rings. The first kappa shape index (κ1) is 20.8. The maximum absolute atomic E-state index is 13.2. The van der Waals surface area contributed by atoms with Crippen molar-refractivity contribution < 1.29 is 14.0 Å². The predicted molar refractivity (Wildman–Crippen MR) is 101 cm³/mol. The van der Waals surface area contributed by atoms with E-state index in [2.05, 4.69) is 11.4 Å². The van der Waals surface area contributed by atoms with Crippen molar-refractivity contribution in [2.24, 2.45) is 0 Å². The van der Waals surface area contributed by atoms with E-state index in [1.165, 1.54) is 18.2 Å². The first-order valence-electron chi connectivity index (χ1n) is 9.23. The van der Waals surface area contributed by atoms with Gasteiger partial charge in [-0.3, -0.25) is 14.5 Å². The van der Waals surface area contributed by atoms with Crippen LogP contribution in [0.25, 0.3) is 0 Å². The van der Waals surface area contributed by atoms with Crippen LogP contribution in [0.5, 0.6) is 0 Å². The van der Waals surface area contributed by atoms with E-state index in [0.29, 0.717) is 18.5 Å². The zero-order chi connectivity index (χ0) is 20.0. The summed E-state index contributed by atoms with van der Waals surface area (Å²) < 4.78 is 13.2. The Hall–Kier alpha value is -2.46. The van der Waals surface area contributed by atoms with Crippen LogP contribution >= 0.6 is 0 Å². The van der Waals surface area contributed by atoms with Gasteiger partial charge in [-0.2, -0.15) is 5.26 Å². The molecule has 1 aromatic rings. The molecule has 0 saturated heterocycles. The number of hydrogen-bond acceptors (Lipinski definition) is 4. The van der Waals surface area contributed by atoms with Crippen LogP contribution in [0.4, 0.5) is 10.1 Å². The molecule has 0 aliphatic heterocycles. The minimum atomic E-state index is -0.756. The van der Waals surface area contributed by atoms with Gasteiger partial charge < -0.3 is 10.2 Å². The van der Waals surface area contributed by atoms with Gasteiger partial charge in [0.05, 0.1) is 18.7 Å². The molecule has 2 rings (SSSR count). The number of amides is 2. The number of nitrogens with one attached hydrogen (secondary N) is 1. The Labute approximate surface area is 159 Å². The van der Waals surface area contributed by atoms with E-state index >= 15 is 0 Å². The summed E-state index contributed by atoms with van der Waals surface area (Å²) in [6, 6.07) is 7.44. The van der Waals surface area contributed by atoms with E-state index in [-0.39, 0.29) is 18.4 Å². The third kappa shape index (κ3) is 5.04. The lowest BCUT2D eigenvalue weighted by Gasteiger charge is -2.41. The van der Waals surface area contributed by atoms with E-state index < -0.39 is 17.4 Å². The van der Waals surface area contributed by atoms with Gasteiger partial charge >= 0.3 is 0 Å². The molecule has 27 heavy (non-hydrogen) atoms. The van der Waals surface area contributed by atoms with Gasteiger partial charge in [0.2, 0.25) is 11.8 Å². The standard InChI is InChI=1S/C20H27FN4O2/c1-15(19(27)25(3)20(14-22)10-5-4-6-11-20)24(2)13-18(26)23-17-9-7-8-16(21)12-17/h7-9,12,15H,4-6,10-11,13H2,1-3H3,(H,23,26)/t15-/m0/s1. The Morgan fingerprint density at radius 1 is 1.30 bits per heavy atom. The van der Waals surface area contributed by atoms with E-state index in [0.717, 1.165) is 19.3 Å². The number of benzene rings is 1. The fourth-order valence-electron chi connectivity index (χ4n) is 3.47. The molecule has 1 aliphatic rings. The lowest BCUT2D eigenvalue weighted by molar-refractivity contribution is -0.140. The maximum atomic E-state index is 13.2. The smallest absolute Gasteiger partial charge is 0.240 e. The van der Waals surface area contributed by atoms with Gasteiger partial charge in [-0.05, 0) is 45.0 Å². The minimum Gasteiger partial charge on any atom is -0.326 e. The number of rotatable bonds is 6. The van der Waals surface area contributed by atoms with Gasteiger partial charge in [-0.1, -0.05) is 25.3 Å². The normalized spacial score (nSPS) is 17.0. The molecule has 0 heterocycles. The summed E-state index contributed by atoms with van der Waals surface area (Å²) in [5, 5.41) is 12.3. The van der Waals surface area contributed by atoms with Crippen LogP contribution in [-0.2, 0) is 9.59 Å². The lowest BCUT2D eigenvalue weighted by Crippen LogP contribution is -2.55. The molecule has 0 bridgehead atoms. The molecule has 2 amide bonds. The van der Waals surface area contributed by atoms with Gasteiger partial charge in [-0.15, -0.1) is 0 Å². The monoisotopic (exact) mass is 374 g/mol. The predicted octanol–water partition coefficient (Wildman–Crippen LogP) is 2.77. The topological polar surface area (TPSA) is 76.4 Å². The molecule has 0 radical (unpaired) electrons. The third-order valence-corrected chi connectivity index (χ3v) is 5.38. The van der Waals surface area contributed by atoms with Crippen LogP contribution < -0.4 is 5.32 Å². The highest BCUT2D eigenvalue weighted by Gasteiger charge is 2.40. The van der Waals surface area contributed by atoms with Crippen molar-refractivity contribution in [1.82, 2.24) is 9.80 Å². The Balaban J connectivity index is 1.96. The zero-order valence-corrected chi connectivity index (χ0v) is 16.2. The van der Waals surface area contributed by atoms with Crippen LogP contribution in [-0.4, -0.2) is 53.8 Å². The molecule has 1 N–H and O–H groups in total. The fraction of sp³-hybridized carbons (Fsp3) is 0.550. The van der Waals surface area contributed by atoms with E-state index in [1.54, 1.807) is 36.9 Å². The summed E-state index contributed by atoms with van der Waals surface area (Å²) in [5.41, 5.74) is -0.385. The second-order valence-corrected chi connectivity index (χ2v) is 7.25. The summed E-state index contributed by atoms with van der Waals surface area (Å²) in [6.07, 6.45) is 4.32. The molecule has 1 aromatic carbocycles. The van der Waals surface area contributed by atoms with Crippen molar-refractivity contribution >= 4 is 17.5 Å². The zero-order valence-electron chi connectivity index (χ0n) is 16.2. The van der Waals surface area contributed by atoms with Gasteiger partial charge in [-0.25, -0.2) is 4.39 Å². The van der Waals surface area contributed by atoms with Crippen molar-refractivity contribution in [3.8, 4) is 6.07 Å². The van der Waals surface area contributed by atoms with Crippen molar-refractivity contribution in [3.05, 3.63) is 30.1 Å². The van der Waals surface area contributed by atoms with Gasteiger partial charge in [0.25, 0.3) is 0 Å². The molecule has 1 aliphatic carbocycles. The average Bonchev–Trinajstić information content (AvgIpc) is 2.66. The molecule has 0 aromatic heterocycles. The Morgan fingerprint density at radius 2 is 1.96 bits per heavy atom. The number of halogens is 1. The molecule has 1 atom stereocenters. The minimum absolute atomic E-state index is 0.0171. The molecule has 0 spiro atoms. The number of nitrogens with zero attached hydrogens (tertiary/aromatic N) is 3. The molecule has 1 saturated carbocycles. The quantitative estimate of drug-likeness (QED) is 0.831. The largest absolute Gasteiger partial charge is 0.326 e. The molecular weight excluding hydrogens is 347 g/mol. The van der Waals surface area contributed by atoms with Crippen LogP contribution in [0.1, 0.15) is 39.0 Å². The van der Waals surface area contributed by atoms with Crippen molar-refractivity contribution in [3.63, 3.8) is 0 Å². The molecule has 6 nitrogen and oxygen atoms in total. The summed E-state index contributed by atoms with van der Waals surface area (Å²) >= 11 is 0. The molecule has 146 valence electrons. The Kier molecular flexibility index (Phi) is 6.92. The highest BCUT2D eigenvalue weighted by Crippen LogP contribution is 2.33. The fourth-order valence-corrected chi connectivity index (χ4v) is 3.47. The Morgan fingerprint density at radius 3 is 2.56 bits per heavy atom. The number of hydrogen-bond donors (Lipinski definition) is 1. The summed E-state index contributed by atoms with van der Waals surface area (Å²) in [7, 11) is 3.36. The van der Waals surface area contributed by atoms with Gasteiger partial charge in [0.1, 0.15) is 11.4 Å². The van der Waals surface area contributed by atoms with Crippen LogP contribution in [0, 0.1) is 17.1 Å². The highest BCUT2D eigenvalue weighted by molar-refractivity contribution is 5.92. The summed E-state index contributed by atoms with van der Waals surface area (Å²) in [6.45, 7) is 1.71. The first-order chi connectivity index (χ1) is 12.8. The van der Waals surface area contributed by atoms with Crippen molar-refractivity contribution in [2.45, 2.75) is 50.6 Å². The molecular formula is C20H27FN4O2. The van der Waals surface area contributed by atoms with Gasteiger partial charge in [0.15, 0.2) is 0 Å². The van der Waals surface area contributed by atoms with Crippen molar-refractivity contribution in [1.29, 1.82) is 5.26 Å². The van der Waals surface area contributed by atoms with E-state index in [9.17, 15) is 19.2 Å². The highest BCUT2D eigenvalue weighted by atomic mass is 19.1. The van der Waals surface area contributed by atoms with E-state index in [1.807, 2.05) is 0 Å². The number of carbonyl (C=O) groups excluding carboxylic acids is 2. The van der Waals surface area contributed by atoms with Crippen LogP contribution in [0.15, 0.2) is 24.3 Å². The van der Waals surface area contributed by atoms with Crippen molar-refractivity contribution in [2.75, 3.05) is 26.0 Å². The number of carbonyl (C=O) groups is 2. The lowest BCUT2D eigenvalue weighted by atomic mass is 9.81. The first-order valence-corrected chi connectivity index (χ1v) is 9.23. The Bertz CT molecular complexity index is 725. The molecule has 7 heteroatoms. The average molecular weight is 374 g/mol. The number of nitriles is 1. The summed E-state index contributed by atoms with van der Waals surface area (Å²) in [5.74, 6) is -0.946.